The molecule has 0 radical (unpaired) electrons. The summed E-state index contributed by atoms with van der Waals surface area (Å²) in [6.07, 6.45) is 0. The van der Waals surface area contributed by atoms with Crippen LogP contribution in [0.1, 0.15) is 10.5 Å². The van der Waals surface area contributed by atoms with Crippen molar-refractivity contribution < 1.29 is 18.8 Å². The molecule has 1 amide bonds. The van der Waals surface area contributed by atoms with Gasteiger partial charge in [0.05, 0.1) is 24.4 Å². The van der Waals surface area contributed by atoms with Crippen LogP contribution < -0.4 is 14.3 Å². The molecule has 0 bridgehead atoms. The van der Waals surface area contributed by atoms with Crippen molar-refractivity contribution in [3.63, 3.8) is 0 Å². The number of carbonyl (C=O) groups is 1. The number of rotatable bonds is 4. The molecule has 4 aromatic rings. The van der Waals surface area contributed by atoms with E-state index >= 15 is 0 Å². The first-order chi connectivity index (χ1) is 13.6. The van der Waals surface area contributed by atoms with Crippen LogP contribution in [0.15, 0.2) is 58.0 Å². The molecule has 0 N–H and O–H groups in total. The summed E-state index contributed by atoms with van der Waals surface area (Å²) in [4.78, 5) is 17.4. The number of hydrogen-bond donors (Lipinski definition) is 0. The van der Waals surface area contributed by atoms with Crippen molar-refractivity contribution in [3.8, 4) is 22.8 Å². The average Bonchev–Trinajstić information content (AvgIpc) is 3.33. The lowest BCUT2D eigenvalue weighted by atomic mass is 10.1. The number of methoxy groups -OCH3 is 2. The van der Waals surface area contributed by atoms with Gasteiger partial charge in [-0.15, -0.1) is 0 Å². The van der Waals surface area contributed by atoms with E-state index in [1.165, 1.54) is 11.3 Å². The van der Waals surface area contributed by atoms with Crippen molar-refractivity contribution in [1.29, 1.82) is 0 Å². The third-order valence-corrected chi connectivity index (χ3v) is 5.39. The van der Waals surface area contributed by atoms with Crippen LogP contribution in [0.4, 0.5) is 0 Å². The maximum absolute atomic E-state index is 12.6. The molecule has 0 fully saturated rings. The number of amides is 1. The average molecular weight is 395 g/mol. The first-order valence-corrected chi connectivity index (χ1v) is 9.25. The SMILES string of the molecule is COc1cc2sc(=NC(=O)c3cc(-c4ccccc4)on3)n(C)c2cc1OC. The number of ether oxygens (including phenoxy) is 2. The third kappa shape index (κ3) is 3.18. The van der Waals surface area contributed by atoms with Crippen LogP contribution >= 0.6 is 11.3 Å². The Bertz CT molecular complexity index is 1220. The Labute approximate surface area is 164 Å². The molecule has 0 aliphatic rings. The van der Waals surface area contributed by atoms with E-state index in [0.717, 1.165) is 15.8 Å². The van der Waals surface area contributed by atoms with Gasteiger partial charge in [0.2, 0.25) is 0 Å². The van der Waals surface area contributed by atoms with E-state index in [2.05, 4.69) is 10.1 Å². The molecule has 4 rings (SSSR count). The minimum Gasteiger partial charge on any atom is -0.493 e. The number of thiazole rings is 1. The molecule has 7 nitrogen and oxygen atoms in total. The van der Waals surface area contributed by atoms with Gasteiger partial charge in [-0.2, -0.15) is 4.99 Å². The number of benzene rings is 2. The predicted octanol–water partition coefficient (Wildman–Crippen LogP) is 3.65. The Morgan fingerprint density at radius 2 is 1.82 bits per heavy atom. The topological polar surface area (TPSA) is 78.9 Å². The molecule has 2 heterocycles. The van der Waals surface area contributed by atoms with Gasteiger partial charge in [-0.3, -0.25) is 4.79 Å². The number of nitrogens with zero attached hydrogens (tertiary/aromatic N) is 3. The smallest absolute Gasteiger partial charge is 0.301 e. The van der Waals surface area contributed by atoms with Crippen LogP contribution in [0.3, 0.4) is 0 Å². The van der Waals surface area contributed by atoms with Crippen molar-refractivity contribution in [1.82, 2.24) is 9.72 Å². The summed E-state index contributed by atoms with van der Waals surface area (Å²) in [5.74, 6) is 1.30. The molecular weight excluding hydrogens is 378 g/mol. The van der Waals surface area contributed by atoms with Crippen LogP contribution in [0, 0.1) is 0 Å². The number of fused-ring (bicyclic) bond motifs is 1. The van der Waals surface area contributed by atoms with Gasteiger partial charge in [-0.25, -0.2) is 0 Å². The van der Waals surface area contributed by atoms with Crippen LogP contribution in [0.5, 0.6) is 11.5 Å². The molecular formula is C20H17N3O4S. The largest absolute Gasteiger partial charge is 0.493 e. The molecule has 28 heavy (non-hydrogen) atoms. The van der Waals surface area contributed by atoms with Crippen LogP contribution in [-0.2, 0) is 7.05 Å². The number of aromatic nitrogens is 2. The molecule has 0 spiro atoms. The quantitative estimate of drug-likeness (QED) is 0.527. The van der Waals surface area contributed by atoms with E-state index in [1.54, 1.807) is 20.3 Å². The number of hydrogen-bond acceptors (Lipinski definition) is 6. The van der Waals surface area contributed by atoms with Gasteiger partial charge in [0.1, 0.15) is 0 Å². The number of carbonyl (C=O) groups excluding carboxylic acids is 1. The minimum atomic E-state index is -0.466. The van der Waals surface area contributed by atoms with Crippen molar-refractivity contribution >= 4 is 27.5 Å². The predicted molar refractivity (Wildman–Crippen MR) is 106 cm³/mol. The summed E-state index contributed by atoms with van der Waals surface area (Å²) in [5.41, 5.74) is 1.89. The number of aryl methyl sites for hydroxylation is 1. The zero-order valence-corrected chi connectivity index (χ0v) is 16.3. The highest BCUT2D eigenvalue weighted by atomic mass is 32.1. The molecule has 2 aromatic heterocycles. The van der Waals surface area contributed by atoms with E-state index in [4.69, 9.17) is 14.0 Å². The van der Waals surface area contributed by atoms with Gasteiger partial charge in [-0.05, 0) is 0 Å². The Kier molecular flexibility index (Phi) is 4.70. The fourth-order valence-corrected chi connectivity index (χ4v) is 3.85. The second-order valence-corrected chi connectivity index (χ2v) is 6.99. The monoisotopic (exact) mass is 395 g/mol. The molecule has 0 aliphatic heterocycles. The van der Waals surface area contributed by atoms with E-state index in [-0.39, 0.29) is 5.69 Å². The Morgan fingerprint density at radius 1 is 1.11 bits per heavy atom. The molecule has 0 aliphatic carbocycles. The molecule has 0 atom stereocenters. The van der Waals surface area contributed by atoms with Gasteiger partial charge in [0.15, 0.2) is 27.8 Å². The maximum atomic E-state index is 12.6. The lowest BCUT2D eigenvalue weighted by molar-refractivity contribution is 0.0989. The molecule has 142 valence electrons. The van der Waals surface area contributed by atoms with Crippen LogP contribution in [-0.4, -0.2) is 29.9 Å². The zero-order chi connectivity index (χ0) is 19.7. The minimum absolute atomic E-state index is 0.159. The van der Waals surface area contributed by atoms with Crippen molar-refractivity contribution in [2.45, 2.75) is 0 Å². The summed E-state index contributed by atoms with van der Waals surface area (Å²) < 4.78 is 18.7. The van der Waals surface area contributed by atoms with Crippen LogP contribution in [0.25, 0.3) is 21.5 Å². The highest BCUT2D eigenvalue weighted by Crippen LogP contribution is 2.33. The Hall–Kier alpha value is -3.39. The molecule has 0 unspecified atom stereocenters. The summed E-state index contributed by atoms with van der Waals surface area (Å²) in [6, 6.07) is 14.8. The highest BCUT2D eigenvalue weighted by molar-refractivity contribution is 7.16. The molecule has 8 heteroatoms. The summed E-state index contributed by atoms with van der Waals surface area (Å²) >= 11 is 1.38. The third-order valence-electron chi connectivity index (χ3n) is 4.30. The maximum Gasteiger partial charge on any atom is 0.301 e. The van der Waals surface area contributed by atoms with Gasteiger partial charge in [0.25, 0.3) is 0 Å². The zero-order valence-electron chi connectivity index (χ0n) is 15.5. The molecule has 0 saturated carbocycles. The first-order valence-electron chi connectivity index (χ1n) is 8.43. The Balaban J connectivity index is 1.72. The second-order valence-electron chi connectivity index (χ2n) is 5.98. The van der Waals surface area contributed by atoms with Gasteiger partial charge < -0.3 is 18.6 Å². The lowest BCUT2D eigenvalue weighted by Gasteiger charge is -2.07. The first kappa shape index (κ1) is 18.0. The van der Waals surface area contributed by atoms with Crippen molar-refractivity contribution in [2.75, 3.05) is 14.2 Å². The van der Waals surface area contributed by atoms with Crippen LogP contribution in [0.2, 0.25) is 0 Å². The lowest BCUT2D eigenvalue weighted by Crippen LogP contribution is -2.13. The van der Waals surface area contributed by atoms with E-state index in [0.29, 0.717) is 22.1 Å². The van der Waals surface area contributed by atoms with Gasteiger partial charge in [0, 0.05) is 30.8 Å². The van der Waals surface area contributed by atoms with Gasteiger partial charge in [-0.1, -0.05) is 46.8 Å². The second kappa shape index (κ2) is 7.32. The molecule has 2 aromatic carbocycles. The summed E-state index contributed by atoms with van der Waals surface area (Å²) in [6.45, 7) is 0. The van der Waals surface area contributed by atoms with E-state index in [9.17, 15) is 4.79 Å². The summed E-state index contributed by atoms with van der Waals surface area (Å²) in [5, 5.41) is 3.86. The Morgan fingerprint density at radius 3 is 2.54 bits per heavy atom. The molecule has 0 saturated heterocycles. The fraction of sp³-hybridized carbons (Fsp3) is 0.150. The highest BCUT2D eigenvalue weighted by Gasteiger charge is 2.15. The van der Waals surface area contributed by atoms with E-state index < -0.39 is 5.91 Å². The van der Waals surface area contributed by atoms with Crippen molar-refractivity contribution in [2.24, 2.45) is 12.0 Å². The summed E-state index contributed by atoms with van der Waals surface area (Å²) in [7, 11) is 5.01. The van der Waals surface area contributed by atoms with E-state index in [1.807, 2.05) is 54.1 Å². The fourth-order valence-electron chi connectivity index (χ4n) is 2.82. The van der Waals surface area contributed by atoms with Gasteiger partial charge >= 0.3 is 5.91 Å². The normalized spacial score (nSPS) is 11.8. The standard InChI is InChI=1S/C20H17N3O4S/c1-23-14-10-16(25-2)17(26-3)11-18(14)28-20(23)21-19(24)13-9-15(27-22-13)12-7-5-4-6-8-12/h4-11H,1-3H3. The van der Waals surface area contributed by atoms with Crippen molar-refractivity contribution in [3.05, 3.63) is 59.0 Å².